The third-order valence-electron chi connectivity index (χ3n) is 10.3. The molecule has 1 aliphatic carbocycles. The molecule has 6 aromatic carbocycles. The Kier molecular flexibility index (Phi) is 6.61. The average molecular weight is 657 g/mol. The molecule has 2 atom stereocenters. The number of rotatable bonds is 5. The van der Waals surface area contributed by atoms with E-state index in [2.05, 4.69) is 115 Å². The molecule has 3 heterocycles. The number of fused-ring (bicyclic) bond motifs is 6. The highest BCUT2D eigenvalue weighted by Crippen LogP contribution is 2.54. The Bertz CT molecular complexity index is 2660. The van der Waals surface area contributed by atoms with Crippen LogP contribution in [0.4, 0.5) is 11.4 Å². The normalized spacial score (nSPS) is 17.3. The number of para-hydroxylation sites is 2. The van der Waals surface area contributed by atoms with Gasteiger partial charge in [0.05, 0.1) is 5.54 Å². The smallest absolute Gasteiger partial charge is 0.164 e. The van der Waals surface area contributed by atoms with E-state index in [0.29, 0.717) is 17.5 Å². The molecule has 5 heteroatoms. The highest BCUT2D eigenvalue weighted by Gasteiger charge is 2.48. The first kappa shape index (κ1) is 29.3. The molecule has 1 aliphatic heterocycles. The van der Waals surface area contributed by atoms with Crippen LogP contribution in [0.5, 0.6) is 0 Å². The summed E-state index contributed by atoms with van der Waals surface area (Å²) in [6.07, 6.45) is 4.74. The van der Waals surface area contributed by atoms with Gasteiger partial charge in [0, 0.05) is 44.6 Å². The maximum Gasteiger partial charge on any atom is 0.164 e. The molecule has 0 saturated heterocycles. The second-order valence-electron chi connectivity index (χ2n) is 13.5. The van der Waals surface area contributed by atoms with Gasteiger partial charge >= 0.3 is 0 Å². The molecule has 0 saturated carbocycles. The van der Waals surface area contributed by atoms with Gasteiger partial charge in [-0.1, -0.05) is 140 Å². The van der Waals surface area contributed by atoms with Gasteiger partial charge in [0.2, 0.25) is 0 Å². The zero-order valence-corrected chi connectivity index (χ0v) is 27.9. The molecular formula is C46H32N4O. The summed E-state index contributed by atoms with van der Waals surface area (Å²) in [4.78, 5) is 17.2. The molecule has 0 N–H and O–H groups in total. The predicted octanol–water partition coefficient (Wildman–Crippen LogP) is 9.55. The number of anilines is 2. The van der Waals surface area contributed by atoms with E-state index in [-0.39, 0.29) is 11.5 Å². The third kappa shape index (κ3) is 4.81. The second kappa shape index (κ2) is 11.5. The lowest BCUT2D eigenvalue weighted by atomic mass is 9.80. The topological polar surface area (TPSA) is 55.1 Å². The van der Waals surface area contributed by atoms with Crippen molar-refractivity contribution in [3.63, 3.8) is 0 Å². The maximum absolute atomic E-state index is 6.42. The molecule has 0 fully saturated rings. The summed E-state index contributed by atoms with van der Waals surface area (Å²) >= 11 is 0. The molecule has 51 heavy (non-hydrogen) atoms. The molecule has 2 aromatic heterocycles. The Balaban J connectivity index is 1.04. The van der Waals surface area contributed by atoms with Crippen LogP contribution in [0.2, 0.25) is 0 Å². The van der Waals surface area contributed by atoms with E-state index in [4.69, 9.17) is 19.4 Å². The lowest BCUT2D eigenvalue weighted by molar-refractivity contribution is 0.536. The van der Waals surface area contributed by atoms with Gasteiger partial charge in [-0.3, -0.25) is 0 Å². The van der Waals surface area contributed by atoms with Crippen molar-refractivity contribution in [2.24, 2.45) is 0 Å². The van der Waals surface area contributed by atoms with Crippen LogP contribution >= 0.6 is 0 Å². The predicted molar refractivity (Wildman–Crippen MR) is 206 cm³/mol. The molecule has 0 radical (unpaired) electrons. The Labute approximate surface area is 295 Å². The quantitative estimate of drug-likeness (QED) is 0.185. The molecule has 5 nitrogen and oxygen atoms in total. The Morgan fingerprint density at radius 1 is 0.549 bits per heavy atom. The van der Waals surface area contributed by atoms with Gasteiger partial charge in [-0.2, -0.15) is 0 Å². The number of nitrogens with zero attached hydrogens (tertiary/aromatic N) is 4. The highest BCUT2D eigenvalue weighted by atomic mass is 16.3. The van der Waals surface area contributed by atoms with Crippen molar-refractivity contribution in [2.75, 3.05) is 4.90 Å². The fourth-order valence-corrected chi connectivity index (χ4v) is 7.87. The highest BCUT2D eigenvalue weighted by molar-refractivity contribution is 5.88. The molecule has 10 rings (SSSR count). The van der Waals surface area contributed by atoms with Gasteiger partial charge in [-0.15, -0.1) is 0 Å². The van der Waals surface area contributed by atoms with Gasteiger partial charge in [0.15, 0.2) is 17.5 Å². The summed E-state index contributed by atoms with van der Waals surface area (Å²) in [5, 5.41) is 2.35. The van der Waals surface area contributed by atoms with Crippen LogP contribution in [0, 0.1) is 0 Å². The fraction of sp³-hybridized carbons (Fsp3) is 0.0652. The summed E-state index contributed by atoms with van der Waals surface area (Å²) < 4.78 is 6.42. The minimum absolute atomic E-state index is 0.173. The monoisotopic (exact) mass is 656 g/mol. The van der Waals surface area contributed by atoms with E-state index in [1.165, 1.54) is 16.5 Å². The van der Waals surface area contributed by atoms with E-state index >= 15 is 0 Å². The van der Waals surface area contributed by atoms with E-state index in [1.54, 1.807) is 0 Å². The third-order valence-corrected chi connectivity index (χ3v) is 10.3. The van der Waals surface area contributed by atoms with Crippen LogP contribution in [-0.4, -0.2) is 20.5 Å². The number of hydrogen-bond acceptors (Lipinski definition) is 5. The zero-order valence-electron chi connectivity index (χ0n) is 27.9. The number of hydrogen-bond donors (Lipinski definition) is 0. The van der Waals surface area contributed by atoms with E-state index in [0.717, 1.165) is 49.9 Å². The Morgan fingerprint density at radius 2 is 1.12 bits per heavy atom. The van der Waals surface area contributed by atoms with Crippen molar-refractivity contribution in [1.82, 2.24) is 15.0 Å². The fourth-order valence-electron chi connectivity index (χ4n) is 7.87. The van der Waals surface area contributed by atoms with Crippen molar-refractivity contribution in [3.05, 3.63) is 174 Å². The van der Waals surface area contributed by atoms with Gasteiger partial charge in [0.25, 0.3) is 0 Å². The van der Waals surface area contributed by atoms with Gasteiger partial charge in [-0.25, -0.2) is 15.0 Å². The summed E-state index contributed by atoms with van der Waals surface area (Å²) in [6.45, 7) is 2.33. The van der Waals surface area contributed by atoms with E-state index in [9.17, 15) is 0 Å². The zero-order chi connectivity index (χ0) is 33.9. The Morgan fingerprint density at radius 3 is 1.82 bits per heavy atom. The SMILES string of the molecule is CC12C=c3oc4ccccc4c3=CC1c1ccccc1N2c1cccc(-c2ccc(-c3nc(-c4ccccc4)nc(-c4ccccc4)n3)cc2)c1. The first-order chi connectivity index (χ1) is 25.1. The first-order valence-corrected chi connectivity index (χ1v) is 17.3. The Hall–Kier alpha value is -6.59. The molecule has 0 spiro atoms. The molecule has 2 unspecified atom stereocenters. The first-order valence-electron chi connectivity index (χ1n) is 17.3. The van der Waals surface area contributed by atoms with Gasteiger partial charge in [-0.05, 0) is 54.0 Å². The van der Waals surface area contributed by atoms with E-state index in [1.807, 2.05) is 66.7 Å². The van der Waals surface area contributed by atoms with Crippen LogP contribution in [0.15, 0.2) is 162 Å². The lowest BCUT2D eigenvalue weighted by Gasteiger charge is -2.39. The minimum Gasteiger partial charge on any atom is -0.456 e. The van der Waals surface area contributed by atoms with Crippen molar-refractivity contribution in [1.29, 1.82) is 0 Å². The van der Waals surface area contributed by atoms with Crippen LogP contribution in [0.1, 0.15) is 18.4 Å². The summed E-state index contributed by atoms with van der Waals surface area (Å²) in [7, 11) is 0. The maximum atomic E-state index is 6.42. The summed E-state index contributed by atoms with van der Waals surface area (Å²) in [6, 6.07) is 54.7. The van der Waals surface area contributed by atoms with Crippen LogP contribution < -0.4 is 15.5 Å². The lowest BCUT2D eigenvalue weighted by Crippen LogP contribution is -2.46. The molecule has 0 bridgehead atoms. The largest absolute Gasteiger partial charge is 0.456 e. The number of aromatic nitrogens is 3. The average Bonchev–Trinajstić information content (AvgIpc) is 3.68. The summed E-state index contributed by atoms with van der Waals surface area (Å²) in [5.41, 5.74) is 10.3. The van der Waals surface area contributed by atoms with Gasteiger partial charge in [0.1, 0.15) is 11.0 Å². The van der Waals surface area contributed by atoms with Gasteiger partial charge < -0.3 is 9.32 Å². The van der Waals surface area contributed by atoms with Crippen LogP contribution in [0.3, 0.4) is 0 Å². The van der Waals surface area contributed by atoms with E-state index < -0.39 is 0 Å². The number of furan rings is 1. The standard InChI is InChI=1S/C46H32N4O/c1-46-29-42-38(36-19-9-11-22-41(36)51-42)28-39(46)37-20-8-10-21-40(37)50(46)35-18-12-17-34(27-35)30-23-25-33(26-24-30)45-48-43(31-13-4-2-5-14-31)47-44(49-45)32-15-6-3-7-16-32/h2-29,39H,1H3. The van der Waals surface area contributed by atoms with Crippen LogP contribution in [-0.2, 0) is 0 Å². The van der Waals surface area contributed by atoms with Crippen molar-refractivity contribution in [2.45, 2.75) is 18.4 Å². The van der Waals surface area contributed by atoms with Crippen molar-refractivity contribution >= 4 is 34.5 Å². The minimum atomic E-state index is -0.349. The molecule has 2 aliphatic rings. The molecule has 8 aromatic rings. The summed E-state index contributed by atoms with van der Waals surface area (Å²) in [5.74, 6) is 2.12. The molecule has 0 amide bonds. The molecular weight excluding hydrogens is 625 g/mol. The molecule has 242 valence electrons. The van der Waals surface area contributed by atoms with Crippen molar-refractivity contribution < 1.29 is 4.42 Å². The van der Waals surface area contributed by atoms with Crippen LogP contribution in [0.25, 0.3) is 68.4 Å². The number of benzene rings is 6. The van der Waals surface area contributed by atoms with Crippen molar-refractivity contribution in [3.8, 4) is 45.3 Å². The second-order valence-corrected chi connectivity index (χ2v) is 13.5.